The lowest BCUT2D eigenvalue weighted by molar-refractivity contribution is -0.119. The van der Waals surface area contributed by atoms with E-state index in [1.54, 1.807) is 17.3 Å². The maximum atomic E-state index is 12.0. The van der Waals surface area contributed by atoms with E-state index in [-0.39, 0.29) is 11.9 Å². The van der Waals surface area contributed by atoms with Gasteiger partial charge in [0.2, 0.25) is 5.91 Å². The van der Waals surface area contributed by atoms with E-state index in [1.165, 1.54) is 0 Å². The highest BCUT2D eigenvalue weighted by atomic mass is 16.2. The third-order valence-corrected chi connectivity index (χ3v) is 3.50. The summed E-state index contributed by atoms with van der Waals surface area (Å²) in [5.41, 5.74) is 2.15. The van der Waals surface area contributed by atoms with Crippen LogP contribution >= 0.6 is 0 Å². The highest BCUT2D eigenvalue weighted by molar-refractivity contribution is 5.96. The van der Waals surface area contributed by atoms with Gasteiger partial charge in [0.1, 0.15) is 5.82 Å². The number of anilines is 1. The van der Waals surface area contributed by atoms with Crippen LogP contribution in [0.5, 0.6) is 0 Å². The van der Waals surface area contributed by atoms with Gasteiger partial charge in [-0.1, -0.05) is 18.2 Å². The standard InChI is InChI=1S/C14H16N4O/c1-18-12-5-3-2-4-10(12)11(8-14(18)19)17-9-13-15-6-7-16-13/h2-7,11,17H,8-9H2,1H3,(H,15,16). The van der Waals surface area contributed by atoms with E-state index < -0.39 is 0 Å². The molecule has 0 aliphatic carbocycles. The summed E-state index contributed by atoms with van der Waals surface area (Å²) >= 11 is 0. The van der Waals surface area contributed by atoms with E-state index in [2.05, 4.69) is 21.4 Å². The number of rotatable bonds is 3. The second-order valence-corrected chi connectivity index (χ2v) is 4.69. The minimum atomic E-state index is 0.0463. The van der Waals surface area contributed by atoms with Crippen molar-refractivity contribution in [3.8, 4) is 0 Å². The normalized spacial score (nSPS) is 18.5. The van der Waals surface area contributed by atoms with Gasteiger partial charge in [-0.2, -0.15) is 0 Å². The number of hydrogen-bond acceptors (Lipinski definition) is 3. The molecular formula is C14H16N4O. The molecule has 1 aliphatic heterocycles. The number of aromatic nitrogens is 2. The largest absolute Gasteiger partial charge is 0.348 e. The molecule has 98 valence electrons. The number of hydrogen-bond donors (Lipinski definition) is 2. The maximum absolute atomic E-state index is 12.0. The van der Waals surface area contributed by atoms with E-state index in [0.29, 0.717) is 13.0 Å². The van der Waals surface area contributed by atoms with Crippen molar-refractivity contribution in [1.82, 2.24) is 15.3 Å². The summed E-state index contributed by atoms with van der Waals surface area (Å²) in [5, 5.41) is 3.39. The summed E-state index contributed by atoms with van der Waals surface area (Å²) in [6.07, 6.45) is 4.00. The van der Waals surface area contributed by atoms with Crippen molar-refractivity contribution in [2.45, 2.75) is 19.0 Å². The van der Waals surface area contributed by atoms with Crippen LogP contribution in [0.1, 0.15) is 23.9 Å². The fourth-order valence-corrected chi connectivity index (χ4v) is 2.44. The molecule has 2 N–H and O–H groups in total. The first-order valence-electron chi connectivity index (χ1n) is 6.33. The van der Waals surface area contributed by atoms with Crippen LogP contribution in [-0.2, 0) is 11.3 Å². The smallest absolute Gasteiger partial charge is 0.228 e. The van der Waals surface area contributed by atoms with Gasteiger partial charge in [-0.15, -0.1) is 0 Å². The molecule has 19 heavy (non-hydrogen) atoms. The van der Waals surface area contributed by atoms with Gasteiger partial charge in [-0.25, -0.2) is 4.98 Å². The quantitative estimate of drug-likeness (QED) is 0.877. The van der Waals surface area contributed by atoms with Crippen molar-refractivity contribution in [2.75, 3.05) is 11.9 Å². The number of nitrogens with zero attached hydrogens (tertiary/aromatic N) is 2. The molecule has 1 unspecified atom stereocenters. The Morgan fingerprint density at radius 1 is 1.47 bits per heavy atom. The van der Waals surface area contributed by atoms with Crippen LogP contribution in [0, 0.1) is 0 Å². The van der Waals surface area contributed by atoms with Crippen LogP contribution in [0.4, 0.5) is 5.69 Å². The zero-order valence-electron chi connectivity index (χ0n) is 10.8. The number of H-pyrrole nitrogens is 1. The van der Waals surface area contributed by atoms with Crippen molar-refractivity contribution in [3.05, 3.63) is 48.0 Å². The zero-order chi connectivity index (χ0) is 13.2. The number of aromatic amines is 1. The van der Waals surface area contributed by atoms with Gasteiger partial charge in [-0.05, 0) is 11.6 Å². The van der Waals surface area contributed by atoms with E-state index in [1.807, 2.05) is 25.2 Å². The number of imidazole rings is 1. The molecule has 1 atom stereocenters. The summed E-state index contributed by atoms with van der Waals surface area (Å²) < 4.78 is 0. The van der Waals surface area contributed by atoms with E-state index >= 15 is 0 Å². The first-order chi connectivity index (χ1) is 9.25. The molecule has 1 aliphatic rings. The van der Waals surface area contributed by atoms with E-state index in [9.17, 15) is 4.79 Å². The number of carbonyl (C=O) groups is 1. The molecule has 0 bridgehead atoms. The number of benzene rings is 1. The molecular weight excluding hydrogens is 240 g/mol. The van der Waals surface area contributed by atoms with Gasteiger partial charge in [0.25, 0.3) is 0 Å². The number of para-hydroxylation sites is 1. The van der Waals surface area contributed by atoms with E-state index in [4.69, 9.17) is 0 Å². The van der Waals surface area contributed by atoms with Crippen LogP contribution in [0.15, 0.2) is 36.7 Å². The molecule has 1 amide bonds. The molecule has 0 saturated heterocycles. The molecule has 2 aromatic rings. The van der Waals surface area contributed by atoms with Crippen LogP contribution < -0.4 is 10.2 Å². The van der Waals surface area contributed by atoms with Crippen molar-refractivity contribution < 1.29 is 4.79 Å². The third-order valence-electron chi connectivity index (χ3n) is 3.50. The Hall–Kier alpha value is -2.14. The molecule has 0 fully saturated rings. The molecule has 5 heteroatoms. The van der Waals surface area contributed by atoms with Crippen molar-refractivity contribution in [3.63, 3.8) is 0 Å². The number of fused-ring (bicyclic) bond motifs is 1. The third kappa shape index (κ3) is 2.24. The number of nitrogens with one attached hydrogen (secondary N) is 2. The van der Waals surface area contributed by atoms with Crippen molar-refractivity contribution >= 4 is 11.6 Å². The van der Waals surface area contributed by atoms with Gasteiger partial charge in [0.05, 0.1) is 6.54 Å². The molecule has 1 aromatic carbocycles. The van der Waals surface area contributed by atoms with Gasteiger partial charge >= 0.3 is 0 Å². The lowest BCUT2D eigenvalue weighted by atomic mass is 9.96. The van der Waals surface area contributed by atoms with E-state index in [0.717, 1.165) is 17.1 Å². The van der Waals surface area contributed by atoms with Crippen LogP contribution in [0.25, 0.3) is 0 Å². The summed E-state index contributed by atoms with van der Waals surface area (Å²) in [4.78, 5) is 20.9. The topological polar surface area (TPSA) is 61.0 Å². The highest BCUT2D eigenvalue weighted by Gasteiger charge is 2.28. The molecule has 0 spiro atoms. The number of carbonyl (C=O) groups excluding carboxylic acids is 1. The van der Waals surface area contributed by atoms with Crippen molar-refractivity contribution in [1.29, 1.82) is 0 Å². The molecule has 3 rings (SSSR count). The van der Waals surface area contributed by atoms with Gasteiger partial charge in [0.15, 0.2) is 0 Å². The second-order valence-electron chi connectivity index (χ2n) is 4.69. The molecule has 2 heterocycles. The van der Waals surface area contributed by atoms with Crippen molar-refractivity contribution in [2.24, 2.45) is 0 Å². The monoisotopic (exact) mass is 256 g/mol. The average Bonchev–Trinajstić information content (AvgIpc) is 2.95. The zero-order valence-corrected chi connectivity index (χ0v) is 10.8. The lowest BCUT2D eigenvalue weighted by Gasteiger charge is -2.32. The van der Waals surface area contributed by atoms with Crippen LogP contribution in [0.2, 0.25) is 0 Å². The minimum Gasteiger partial charge on any atom is -0.348 e. The Labute approximate surface area is 111 Å². The van der Waals surface area contributed by atoms with Crippen LogP contribution in [0.3, 0.4) is 0 Å². The Morgan fingerprint density at radius 2 is 2.32 bits per heavy atom. The maximum Gasteiger partial charge on any atom is 0.228 e. The molecule has 0 saturated carbocycles. The predicted molar refractivity (Wildman–Crippen MR) is 72.6 cm³/mol. The molecule has 5 nitrogen and oxygen atoms in total. The Bertz CT molecular complexity index is 579. The Morgan fingerprint density at radius 3 is 3.11 bits per heavy atom. The number of amides is 1. The predicted octanol–water partition coefficient (Wildman–Crippen LogP) is 1.61. The first kappa shape index (κ1) is 11.9. The van der Waals surface area contributed by atoms with Crippen LogP contribution in [-0.4, -0.2) is 22.9 Å². The van der Waals surface area contributed by atoms with Gasteiger partial charge in [0, 0.05) is 37.6 Å². The summed E-state index contributed by atoms with van der Waals surface area (Å²) in [6, 6.07) is 8.05. The van der Waals surface area contributed by atoms with Gasteiger partial charge < -0.3 is 15.2 Å². The lowest BCUT2D eigenvalue weighted by Crippen LogP contribution is -2.37. The fraction of sp³-hybridized carbons (Fsp3) is 0.286. The average molecular weight is 256 g/mol. The summed E-state index contributed by atoms with van der Waals surface area (Å²) in [6.45, 7) is 0.628. The second kappa shape index (κ2) is 4.85. The minimum absolute atomic E-state index is 0.0463. The Kier molecular flexibility index (Phi) is 3.05. The SMILES string of the molecule is CN1C(=O)CC(NCc2ncc[nH]2)c2ccccc21. The summed E-state index contributed by atoms with van der Waals surface area (Å²) in [5.74, 6) is 1.01. The summed E-state index contributed by atoms with van der Waals surface area (Å²) in [7, 11) is 1.82. The van der Waals surface area contributed by atoms with Gasteiger partial charge in [-0.3, -0.25) is 4.79 Å². The Balaban J connectivity index is 1.82. The first-order valence-corrected chi connectivity index (χ1v) is 6.33. The molecule has 1 aromatic heterocycles. The fourth-order valence-electron chi connectivity index (χ4n) is 2.44. The molecule has 0 radical (unpaired) electrons. The highest BCUT2D eigenvalue weighted by Crippen LogP contribution is 2.33.